The smallest absolute Gasteiger partial charge is 0.343 e. The molecule has 0 saturated heterocycles. The summed E-state index contributed by atoms with van der Waals surface area (Å²) in [5.74, 6) is -0.181. The van der Waals surface area contributed by atoms with Gasteiger partial charge in [0.15, 0.2) is 5.60 Å². The summed E-state index contributed by atoms with van der Waals surface area (Å²) in [4.78, 5) is 37.8. The Morgan fingerprint density at radius 3 is 2.82 bits per heavy atom. The van der Waals surface area contributed by atoms with Crippen molar-refractivity contribution in [3.05, 3.63) is 51.3 Å². The Morgan fingerprint density at radius 2 is 2.06 bits per heavy atom. The quantitative estimate of drug-likeness (QED) is 0.470. The number of benzene rings is 1. The number of rotatable bonds is 4. The molecule has 0 amide bonds. The van der Waals surface area contributed by atoms with E-state index >= 15 is 0 Å². The summed E-state index contributed by atoms with van der Waals surface area (Å²) in [5, 5.41) is 12.1. The number of fused-ring (bicyclic) bond motifs is 5. The molecule has 0 radical (unpaired) electrons. The van der Waals surface area contributed by atoms with Gasteiger partial charge in [-0.2, -0.15) is 0 Å². The van der Waals surface area contributed by atoms with Crippen LogP contribution in [0.25, 0.3) is 22.3 Å². The Hall–Kier alpha value is -3.52. The van der Waals surface area contributed by atoms with Gasteiger partial charge in [0, 0.05) is 17.7 Å². The zero-order valence-electron chi connectivity index (χ0n) is 19.5. The van der Waals surface area contributed by atoms with Gasteiger partial charge in [-0.15, -0.1) is 0 Å². The number of pyridine rings is 2. The van der Waals surface area contributed by atoms with Gasteiger partial charge in [0.2, 0.25) is 0 Å². The molecule has 8 heteroatoms. The van der Waals surface area contributed by atoms with Crippen LogP contribution in [0.3, 0.4) is 0 Å². The minimum Gasteiger partial charge on any atom is -0.458 e. The fourth-order valence-electron chi connectivity index (χ4n) is 5.27. The predicted molar refractivity (Wildman–Crippen MR) is 129 cm³/mol. The standard InChI is InChI=1S/C26H26N4O4/c1-4-26(33)17-10-20-22-15(11-30(20)24(31)16(17)12-34-25(26)32)23-21-18(6-5-7-19(21)28-22)27-13-29(23)9-8-14(2)3/h5-7,10,13-14,33H,4,8-9,11-12H2,1-3H3/t26-/m0/s1. The molecule has 174 valence electrons. The summed E-state index contributed by atoms with van der Waals surface area (Å²) < 4.78 is 6.88. The van der Waals surface area contributed by atoms with Crippen molar-refractivity contribution in [2.45, 2.75) is 52.4 Å². The number of carbonyl (C=O) groups is 1. The zero-order valence-corrected chi connectivity index (χ0v) is 19.5. The van der Waals surface area contributed by atoms with Crippen LogP contribution in [0.2, 0.25) is 0 Å². The second kappa shape index (κ2) is 7.24. The number of aromatic nitrogens is 2. The lowest BCUT2D eigenvalue weighted by atomic mass is 9.86. The van der Waals surface area contributed by atoms with Gasteiger partial charge in [-0.25, -0.2) is 14.8 Å². The van der Waals surface area contributed by atoms with Crippen molar-refractivity contribution in [3.63, 3.8) is 0 Å². The second-order valence-electron chi connectivity index (χ2n) is 9.68. The van der Waals surface area contributed by atoms with Crippen molar-refractivity contribution in [3.8, 4) is 11.4 Å². The second-order valence-corrected chi connectivity index (χ2v) is 9.68. The molecule has 34 heavy (non-hydrogen) atoms. The first kappa shape index (κ1) is 21.0. The average Bonchev–Trinajstić information content (AvgIpc) is 3.20. The highest BCUT2D eigenvalue weighted by molar-refractivity contribution is 6.11. The number of cyclic esters (lactones) is 1. The third-order valence-electron chi connectivity index (χ3n) is 7.23. The average molecular weight is 459 g/mol. The van der Waals surface area contributed by atoms with E-state index < -0.39 is 11.6 Å². The molecular weight excluding hydrogens is 432 g/mol. The van der Waals surface area contributed by atoms with Crippen LogP contribution in [-0.2, 0) is 28.3 Å². The fourth-order valence-corrected chi connectivity index (χ4v) is 5.27. The number of esters is 1. The molecular formula is C26H26N4O4. The van der Waals surface area contributed by atoms with Crippen LogP contribution in [0.1, 0.15) is 50.3 Å². The zero-order chi connectivity index (χ0) is 23.8. The van der Waals surface area contributed by atoms with Gasteiger partial charge in [0.1, 0.15) is 6.61 Å². The molecule has 1 aromatic carbocycles. The highest BCUT2D eigenvalue weighted by Crippen LogP contribution is 2.46. The maximum absolute atomic E-state index is 13.5. The normalized spacial score (nSPS) is 19.9. The van der Waals surface area contributed by atoms with E-state index in [9.17, 15) is 14.7 Å². The van der Waals surface area contributed by atoms with E-state index in [2.05, 4.69) is 23.7 Å². The molecule has 3 aliphatic rings. The largest absolute Gasteiger partial charge is 0.458 e. The summed E-state index contributed by atoms with van der Waals surface area (Å²) in [5.41, 5.74) is 3.57. The fraction of sp³-hybridized carbons (Fsp3) is 0.385. The number of aliphatic hydroxyl groups is 1. The third kappa shape index (κ3) is 2.75. The van der Waals surface area contributed by atoms with Crippen LogP contribution in [0.15, 0.2) is 34.1 Å². The van der Waals surface area contributed by atoms with E-state index in [0.717, 1.165) is 40.8 Å². The first-order chi connectivity index (χ1) is 16.3. The minimum atomic E-state index is -1.83. The van der Waals surface area contributed by atoms with E-state index in [1.807, 2.05) is 24.5 Å². The number of nitrogens with zero attached hydrogens (tertiary/aromatic N) is 4. The van der Waals surface area contributed by atoms with Crippen molar-refractivity contribution in [1.29, 1.82) is 0 Å². The van der Waals surface area contributed by atoms with E-state index in [4.69, 9.17) is 9.72 Å². The lowest BCUT2D eigenvalue weighted by Gasteiger charge is -2.31. The van der Waals surface area contributed by atoms with E-state index in [-0.39, 0.29) is 18.6 Å². The number of carbonyl (C=O) groups excluding carboxylic acids is 1. The van der Waals surface area contributed by atoms with Crippen LogP contribution in [0.5, 0.6) is 0 Å². The topological polar surface area (TPSA) is 97.0 Å². The van der Waals surface area contributed by atoms with Gasteiger partial charge >= 0.3 is 5.97 Å². The highest BCUT2D eigenvalue weighted by Gasteiger charge is 2.45. The van der Waals surface area contributed by atoms with Gasteiger partial charge in [-0.3, -0.25) is 4.79 Å². The van der Waals surface area contributed by atoms with Gasteiger partial charge < -0.3 is 19.3 Å². The first-order valence-corrected chi connectivity index (χ1v) is 11.8. The molecule has 1 N–H and O–H groups in total. The molecule has 0 spiro atoms. The van der Waals surface area contributed by atoms with E-state index in [1.165, 1.54) is 0 Å². The third-order valence-corrected chi connectivity index (χ3v) is 7.23. The van der Waals surface area contributed by atoms with Crippen LogP contribution in [0, 0.1) is 5.92 Å². The Morgan fingerprint density at radius 1 is 1.24 bits per heavy atom. The Labute approximate surface area is 196 Å². The monoisotopic (exact) mass is 458 g/mol. The van der Waals surface area contributed by atoms with Crippen molar-refractivity contribution >= 4 is 34.6 Å². The summed E-state index contributed by atoms with van der Waals surface area (Å²) in [7, 11) is 0. The maximum Gasteiger partial charge on any atom is 0.343 e. The maximum atomic E-state index is 13.5. The van der Waals surface area contributed by atoms with E-state index in [1.54, 1.807) is 17.6 Å². The number of anilines is 1. The molecule has 2 aromatic heterocycles. The predicted octanol–water partition coefficient (Wildman–Crippen LogP) is 3.61. The highest BCUT2D eigenvalue weighted by atomic mass is 16.6. The summed E-state index contributed by atoms with van der Waals surface area (Å²) in [6, 6.07) is 7.64. The number of hydrogen-bond acceptors (Lipinski definition) is 7. The lowest BCUT2D eigenvalue weighted by Crippen LogP contribution is -2.44. The molecule has 5 heterocycles. The molecule has 8 nitrogen and oxygen atoms in total. The van der Waals surface area contributed by atoms with Gasteiger partial charge in [-0.05, 0) is 37.0 Å². The molecule has 0 aliphatic carbocycles. The molecule has 3 aliphatic heterocycles. The molecule has 0 fully saturated rings. The van der Waals surface area contributed by atoms with Gasteiger partial charge in [0.05, 0.1) is 52.1 Å². The molecule has 0 saturated carbocycles. The number of ether oxygens (including phenoxy) is 1. The van der Waals surface area contributed by atoms with Crippen molar-refractivity contribution in [2.24, 2.45) is 10.9 Å². The Kier molecular flexibility index (Phi) is 4.48. The molecule has 6 rings (SSSR count). The first-order valence-electron chi connectivity index (χ1n) is 11.8. The van der Waals surface area contributed by atoms with Crippen molar-refractivity contribution in [2.75, 3.05) is 11.4 Å². The SMILES string of the molecule is CC[C@@]1(O)C(=O)OCc2c1cc1n(c2=O)Cc2c-1nc1cccc3c1c2N(CCC(C)C)C=N3. The number of aliphatic imine (C=N–C) groups is 1. The van der Waals surface area contributed by atoms with Crippen LogP contribution in [-0.4, -0.2) is 33.5 Å². The van der Waals surface area contributed by atoms with Crippen LogP contribution in [0.4, 0.5) is 11.4 Å². The van der Waals surface area contributed by atoms with Crippen LogP contribution >= 0.6 is 0 Å². The lowest BCUT2D eigenvalue weighted by molar-refractivity contribution is -0.172. The Balaban J connectivity index is 1.61. The molecule has 3 aromatic rings. The van der Waals surface area contributed by atoms with E-state index in [0.29, 0.717) is 35.0 Å². The molecule has 1 atom stereocenters. The Bertz CT molecular complexity index is 1470. The van der Waals surface area contributed by atoms with Crippen LogP contribution < -0.4 is 10.5 Å². The van der Waals surface area contributed by atoms with Crippen molar-refractivity contribution in [1.82, 2.24) is 9.55 Å². The number of hydrogen-bond donors (Lipinski definition) is 1. The summed E-state index contributed by atoms with van der Waals surface area (Å²) in [6.45, 7) is 7.14. The summed E-state index contributed by atoms with van der Waals surface area (Å²) >= 11 is 0. The molecule has 0 bridgehead atoms. The van der Waals surface area contributed by atoms with Gasteiger partial charge in [0.25, 0.3) is 5.56 Å². The minimum absolute atomic E-state index is 0.119. The van der Waals surface area contributed by atoms with Gasteiger partial charge in [-0.1, -0.05) is 26.8 Å². The summed E-state index contributed by atoms with van der Waals surface area (Å²) in [6.07, 6.45) is 2.99. The van der Waals surface area contributed by atoms with Crippen molar-refractivity contribution < 1.29 is 14.6 Å². The molecule has 0 unspecified atom stereocenters.